The Morgan fingerprint density at radius 1 is 1.08 bits per heavy atom. The standard InChI is InChI=1S/C28H32ClN3O5/c1-16(2)14-20(15-33)32-24(26(35)31-19-10-8-17(29)9-11-19)28-13-12-21(37-28)22(23(28)27(32)36)25(34)30-18-6-4-3-5-7-18/h3-11,16,20-24,33H,12-15H2,1-2H3,(H,30,34)(H,31,35)/t20-,21+,22-,23+,24?,28?/m1/s1. The molecule has 2 aromatic carbocycles. The van der Waals surface area contributed by atoms with Crippen LogP contribution in [0.15, 0.2) is 54.6 Å². The fourth-order valence-electron chi connectivity index (χ4n) is 6.40. The Balaban J connectivity index is 1.50. The van der Waals surface area contributed by atoms with Crippen LogP contribution in [0.25, 0.3) is 0 Å². The lowest BCUT2D eigenvalue weighted by Crippen LogP contribution is -2.56. The molecule has 8 nitrogen and oxygen atoms in total. The van der Waals surface area contributed by atoms with E-state index >= 15 is 0 Å². The van der Waals surface area contributed by atoms with Crippen molar-refractivity contribution in [2.24, 2.45) is 17.8 Å². The number of rotatable bonds is 8. The van der Waals surface area contributed by atoms with E-state index in [0.717, 1.165) is 0 Å². The van der Waals surface area contributed by atoms with Gasteiger partial charge in [-0.2, -0.15) is 0 Å². The fraction of sp³-hybridized carbons (Fsp3) is 0.464. The number of carbonyl (C=O) groups is 3. The first kappa shape index (κ1) is 25.7. The van der Waals surface area contributed by atoms with Crippen LogP contribution in [-0.2, 0) is 19.1 Å². The van der Waals surface area contributed by atoms with Crippen LogP contribution in [0.2, 0.25) is 5.02 Å². The molecule has 0 radical (unpaired) electrons. The first-order valence-electron chi connectivity index (χ1n) is 12.8. The Morgan fingerprint density at radius 2 is 1.73 bits per heavy atom. The zero-order chi connectivity index (χ0) is 26.3. The van der Waals surface area contributed by atoms with E-state index in [1.165, 1.54) is 4.90 Å². The van der Waals surface area contributed by atoms with E-state index in [-0.39, 0.29) is 24.3 Å². The predicted octanol–water partition coefficient (Wildman–Crippen LogP) is 3.70. The fourth-order valence-corrected chi connectivity index (χ4v) is 6.52. The maximum atomic E-state index is 14.1. The van der Waals surface area contributed by atoms with Gasteiger partial charge in [0, 0.05) is 16.4 Å². The number of likely N-dealkylation sites (tertiary alicyclic amines) is 1. The van der Waals surface area contributed by atoms with Crippen molar-refractivity contribution in [1.29, 1.82) is 0 Å². The van der Waals surface area contributed by atoms with E-state index in [9.17, 15) is 19.5 Å². The van der Waals surface area contributed by atoms with Gasteiger partial charge in [-0.05, 0) is 61.6 Å². The summed E-state index contributed by atoms with van der Waals surface area (Å²) in [6.07, 6.45) is 1.12. The zero-order valence-electron chi connectivity index (χ0n) is 20.9. The molecule has 0 aliphatic carbocycles. The van der Waals surface area contributed by atoms with Gasteiger partial charge in [0.05, 0.1) is 30.6 Å². The number of hydrogen-bond acceptors (Lipinski definition) is 5. The molecule has 2 bridgehead atoms. The van der Waals surface area contributed by atoms with Gasteiger partial charge in [0.15, 0.2) is 0 Å². The number of halogens is 1. The predicted molar refractivity (Wildman–Crippen MR) is 140 cm³/mol. The molecule has 0 saturated carbocycles. The smallest absolute Gasteiger partial charge is 0.250 e. The maximum absolute atomic E-state index is 14.1. The Bertz CT molecular complexity index is 1170. The molecule has 2 aromatic rings. The van der Waals surface area contributed by atoms with Gasteiger partial charge in [0.1, 0.15) is 11.6 Å². The number of para-hydroxylation sites is 1. The van der Waals surface area contributed by atoms with Crippen molar-refractivity contribution in [2.45, 2.75) is 56.9 Å². The molecule has 0 aromatic heterocycles. The molecule has 6 atom stereocenters. The lowest BCUT2D eigenvalue weighted by molar-refractivity contribution is -0.143. The van der Waals surface area contributed by atoms with Crippen molar-refractivity contribution in [3.63, 3.8) is 0 Å². The van der Waals surface area contributed by atoms with Crippen LogP contribution in [0.5, 0.6) is 0 Å². The molecule has 5 rings (SSSR count). The molecule has 9 heteroatoms. The van der Waals surface area contributed by atoms with Crippen molar-refractivity contribution >= 4 is 40.7 Å². The number of aliphatic hydroxyl groups is 1. The Morgan fingerprint density at radius 3 is 2.38 bits per heavy atom. The van der Waals surface area contributed by atoms with Crippen LogP contribution in [0.4, 0.5) is 11.4 Å². The average molecular weight is 526 g/mol. The minimum atomic E-state index is -1.14. The van der Waals surface area contributed by atoms with E-state index in [4.69, 9.17) is 16.3 Å². The Hall–Kier alpha value is -2.94. The third-order valence-electron chi connectivity index (χ3n) is 7.79. The Labute approximate surface area is 221 Å². The lowest BCUT2D eigenvalue weighted by atomic mass is 9.70. The summed E-state index contributed by atoms with van der Waals surface area (Å²) in [5.41, 5.74) is 0.0371. The molecule has 3 saturated heterocycles. The number of anilines is 2. The quantitative estimate of drug-likeness (QED) is 0.487. The van der Waals surface area contributed by atoms with Crippen LogP contribution < -0.4 is 10.6 Å². The number of ether oxygens (including phenoxy) is 1. The highest BCUT2D eigenvalue weighted by atomic mass is 35.5. The van der Waals surface area contributed by atoms with Crippen LogP contribution in [0, 0.1) is 17.8 Å². The molecular formula is C28H32ClN3O5. The Kier molecular flexibility index (Phi) is 7.00. The topological polar surface area (TPSA) is 108 Å². The maximum Gasteiger partial charge on any atom is 0.250 e. The molecule has 3 aliphatic rings. The number of nitrogens with one attached hydrogen (secondary N) is 2. The zero-order valence-corrected chi connectivity index (χ0v) is 21.6. The summed E-state index contributed by atoms with van der Waals surface area (Å²) in [6, 6.07) is 14.3. The number of fused-ring (bicyclic) bond motifs is 1. The number of nitrogens with zero attached hydrogens (tertiary/aromatic N) is 1. The van der Waals surface area contributed by atoms with Crippen molar-refractivity contribution in [3.05, 3.63) is 59.6 Å². The van der Waals surface area contributed by atoms with E-state index in [1.807, 2.05) is 32.0 Å². The van der Waals surface area contributed by atoms with E-state index in [1.54, 1.807) is 36.4 Å². The highest BCUT2D eigenvalue weighted by molar-refractivity contribution is 6.30. The molecule has 196 valence electrons. The largest absolute Gasteiger partial charge is 0.394 e. The summed E-state index contributed by atoms with van der Waals surface area (Å²) in [4.78, 5) is 42.9. The number of benzene rings is 2. The van der Waals surface area contributed by atoms with E-state index < -0.39 is 41.5 Å². The molecule has 37 heavy (non-hydrogen) atoms. The summed E-state index contributed by atoms with van der Waals surface area (Å²) in [7, 11) is 0. The van der Waals surface area contributed by atoms with Gasteiger partial charge in [0.25, 0.3) is 0 Å². The second-order valence-electron chi connectivity index (χ2n) is 10.6. The normalized spacial score (nSPS) is 28.9. The third kappa shape index (κ3) is 4.51. The van der Waals surface area contributed by atoms with Gasteiger partial charge in [-0.15, -0.1) is 0 Å². The van der Waals surface area contributed by atoms with Crippen LogP contribution >= 0.6 is 11.6 Å². The van der Waals surface area contributed by atoms with Gasteiger partial charge >= 0.3 is 0 Å². The number of amides is 3. The van der Waals surface area contributed by atoms with Crippen LogP contribution in [0.3, 0.4) is 0 Å². The molecule has 3 amide bonds. The summed E-state index contributed by atoms with van der Waals surface area (Å²) in [6.45, 7) is 3.72. The van der Waals surface area contributed by atoms with Gasteiger partial charge in [-0.1, -0.05) is 43.6 Å². The number of carbonyl (C=O) groups excluding carboxylic acids is 3. The van der Waals surface area contributed by atoms with Crippen LogP contribution in [0.1, 0.15) is 33.1 Å². The minimum absolute atomic E-state index is 0.178. The van der Waals surface area contributed by atoms with E-state index in [2.05, 4.69) is 10.6 Å². The first-order valence-corrected chi connectivity index (χ1v) is 13.2. The summed E-state index contributed by atoms with van der Waals surface area (Å²) >= 11 is 6.00. The monoisotopic (exact) mass is 525 g/mol. The van der Waals surface area contributed by atoms with Crippen LogP contribution in [-0.4, -0.2) is 58.1 Å². The van der Waals surface area contributed by atoms with Gasteiger partial charge in [0.2, 0.25) is 17.7 Å². The number of hydrogen-bond donors (Lipinski definition) is 3. The van der Waals surface area contributed by atoms with Crippen molar-refractivity contribution in [1.82, 2.24) is 4.90 Å². The molecule has 3 N–H and O–H groups in total. The molecule has 1 spiro atoms. The molecule has 3 fully saturated rings. The SMILES string of the molecule is CC(C)C[C@H](CO)N1C(=O)[C@@H]2[C@H](C(=O)Nc3ccccc3)[C@@H]3CCC2(O3)C1C(=O)Nc1ccc(Cl)cc1. The second kappa shape index (κ2) is 10.1. The van der Waals surface area contributed by atoms with Gasteiger partial charge in [-0.3, -0.25) is 14.4 Å². The summed E-state index contributed by atoms with van der Waals surface area (Å²) in [5.74, 6) is -2.36. The minimum Gasteiger partial charge on any atom is -0.394 e. The molecule has 3 heterocycles. The van der Waals surface area contributed by atoms with Gasteiger partial charge in [-0.25, -0.2) is 0 Å². The molecule has 2 unspecified atom stereocenters. The molecular weight excluding hydrogens is 494 g/mol. The first-order chi connectivity index (χ1) is 17.7. The van der Waals surface area contributed by atoms with Crippen molar-refractivity contribution in [2.75, 3.05) is 17.2 Å². The second-order valence-corrected chi connectivity index (χ2v) is 11.1. The number of aliphatic hydroxyl groups excluding tert-OH is 1. The van der Waals surface area contributed by atoms with E-state index in [0.29, 0.717) is 35.7 Å². The molecule has 3 aliphatic heterocycles. The van der Waals surface area contributed by atoms with Crippen molar-refractivity contribution < 1.29 is 24.2 Å². The lowest BCUT2D eigenvalue weighted by Gasteiger charge is -2.37. The summed E-state index contributed by atoms with van der Waals surface area (Å²) < 4.78 is 6.46. The summed E-state index contributed by atoms with van der Waals surface area (Å²) in [5, 5.41) is 16.7. The highest BCUT2D eigenvalue weighted by Gasteiger charge is 2.75. The van der Waals surface area contributed by atoms with Gasteiger partial charge < -0.3 is 25.4 Å². The highest BCUT2D eigenvalue weighted by Crippen LogP contribution is 2.59. The van der Waals surface area contributed by atoms with Crippen molar-refractivity contribution in [3.8, 4) is 0 Å². The third-order valence-corrected chi connectivity index (χ3v) is 8.04. The average Bonchev–Trinajstić information content (AvgIpc) is 3.52.